The number of aromatic nitrogens is 2. The molecule has 7 heteroatoms. The molecule has 2 aromatic carbocycles. The van der Waals surface area contributed by atoms with Gasteiger partial charge in [-0.15, -0.1) is 0 Å². The molecule has 7 nitrogen and oxygen atoms in total. The van der Waals surface area contributed by atoms with Crippen LogP contribution in [0.25, 0.3) is 33.3 Å². The Labute approximate surface area is 236 Å². The van der Waals surface area contributed by atoms with E-state index in [-0.39, 0.29) is 17.9 Å². The number of pyridine rings is 1. The zero-order valence-electron chi connectivity index (χ0n) is 24.4. The molecule has 2 aromatic heterocycles. The van der Waals surface area contributed by atoms with Gasteiger partial charge in [0.25, 0.3) is 5.91 Å². The summed E-state index contributed by atoms with van der Waals surface area (Å²) in [7, 11) is 3.30. The topological polar surface area (TPSA) is 79.5 Å². The van der Waals surface area contributed by atoms with E-state index in [9.17, 15) is 4.79 Å². The highest BCUT2D eigenvalue weighted by Crippen LogP contribution is 2.40. The van der Waals surface area contributed by atoms with Crippen LogP contribution in [0.1, 0.15) is 62.5 Å². The number of ether oxygens (including phenoxy) is 2. The molecule has 1 aliphatic heterocycles. The summed E-state index contributed by atoms with van der Waals surface area (Å²) in [5, 5.41) is 4.38. The number of likely N-dealkylation sites (tertiary alicyclic amines) is 1. The standard InChI is InChI=1S/C33H40N4O3/c1-20(2)31-26-17-22(7-9-27(26)36-32(31)24-8-10-29(39-5)30(19-24)40-6)23-11-14-34-28(18-23)33(38)35-25-12-15-37(16-13-25)21(3)4/h7-11,14,17-21,25,36H,12-13,15-16H2,1-6H3,(H,35,38). The number of piperidine rings is 1. The molecule has 4 aromatic rings. The van der Waals surface area contributed by atoms with E-state index in [0.29, 0.717) is 23.2 Å². The molecule has 5 rings (SSSR count). The second kappa shape index (κ2) is 11.7. The number of carbonyl (C=O) groups is 1. The summed E-state index contributed by atoms with van der Waals surface area (Å²) in [6.45, 7) is 10.9. The Bertz CT molecular complexity index is 1500. The molecule has 40 heavy (non-hydrogen) atoms. The Balaban J connectivity index is 1.43. The summed E-state index contributed by atoms with van der Waals surface area (Å²) in [6.07, 6.45) is 3.66. The predicted molar refractivity (Wildman–Crippen MR) is 161 cm³/mol. The Morgan fingerprint density at radius 3 is 2.30 bits per heavy atom. The van der Waals surface area contributed by atoms with Crippen molar-refractivity contribution in [3.63, 3.8) is 0 Å². The van der Waals surface area contributed by atoms with Crippen LogP contribution >= 0.6 is 0 Å². The molecule has 1 saturated heterocycles. The third-order valence-corrected chi connectivity index (χ3v) is 8.01. The highest BCUT2D eigenvalue weighted by atomic mass is 16.5. The van der Waals surface area contributed by atoms with Crippen LogP contribution < -0.4 is 14.8 Å². The van der Waals surface area contributed by atoms with Gasteiger partial charge >= 0.3 is 0 Å². The summed E-state index contributed by atoms with van der Waals surface area (Å²) in [5.41, 5.74) is 6.89. The van der Waals surface area contributed by atoms with Crippen molar-refractivity contribution in [1.29, 1.82) is 0 Å². The molecule has 3 heterocycles. The average molecular weight is 541 g/mol. The average Bonchev–Trinajstić information content (AvgIpc) is 3.36. The van der Waals surface area contributed by atoms with Gasteiger partial charge in [0.05, 0.1) is 19.9 Å². The molecule has 0 aliphatic carbocycles. The van der Waals surface area contributed by atoms with Gasteiger partial charge in [0.2, 0.25) is 0 Å². The highest BCUT2D eigenvalue weighted by molar-refractivity contribution is 5.96. The molecule has 0 bridgehead atoms. The maximum Gasteiger partial charge on any atom is 0.270 e. The first-order chi connectivity index (χ1) is 19.3. The molecule has 0 saturated carbocycles. The van der Waals surface area contributed by atoms with Gasteiger partial charge in [-0.25, -0.2) is 0 Å². The van der Waals surface area contributed by atoms with E-state index in [4.69, 9.17) is 9.47 Å². The predicted octanol–water partition coefficient (Wildman–Crippen LogP) is 6.64. The zero-order valence-corrected chi connectivity index (χ0v) is 24.4. The van der Waals surface area contributed by atoms with E-state index < -0.39 is 0 Å². The number of carbonyl (C=O) groups excluding carboxylic acids is 1. The van der Waals surface area contributed by atoms with Gasteiger partial charge in [0.1, 0.15) is 5.69 Å². The fourth-order valence-electron chi connectivity index (χ4n) is 5.77. The van der Waals surface area contributed by atoms with E-state index in [1.165, 1.54) is 5.56 Å². The lowest BCUT2D eigenvalue weighted by Crippen LogP contribution is -2.46. The van der Waals surface area contributed by atoms with Crippen LogP contribution in [0.2, 0.25) is 0 Å². The van der Waals surface area contributed by atoms with Gasteiger partial charge in [0.15, 0.2) is 11.5 Å². The highest BCUT2D eigenvalue weighted by Gasteiger charge is 2.23. The normalized spacial score (nSPS) is 14.7. The van der Waals surface area contributed by atoms with Crippen LogP contribution in [-0.4, -0.2) is 60.2 Å². The van der Waals surface area contributed by atoms with Crippen molar-refractivity contribution in [2.45, 2.75) is 58.5 Å². The first-order valence-electron chi connectivity index (χ1n) is 14.2. The Morgan fingerprint density at radius 2 is 1.62 bits per heavy atom. The van der Waals surface area contributed by atoms with Crippen molar-refractivity contribution in [2.75, 3.05) is 27.3 Å². The van der Waals surface area contributed by atoms with E-state index in [0.717, 1.165) is 59.2 Å². The second-order valence-electron chi connectivity index (χ2n) is 11.2. The number of nitrogens with one attached hydrogen (secondary N) is 2. The lowest BCUT2D eigenvalue weighted by atomic mass is 9.94. The maximum atomic E-state index is 13.1. The molecule has 1 fully saturated rings. The van der Waals surface area contributed by atoms with Crippen LogP contribution in [0.5, 0.6) is 11.5 Å². The smallest absolute Gasteiger partial charge is 0.270 e. The quantitative estimate of drug-likeness (QED) is 0.262. The summed E-state index contributed by atoms with van der Waals surface area (Å²) >= 11 is 0. The maximum absolute atomic E-state index is 13.1. The number of H-pyrrole nitrogens is 1. The lowest BCUT2D eigenvalue weighted by molar-refractivity contribution is 0.0895. The lowest BCUT2D eigenvalue weighted by Gasteiger charge is -2.34. The number of amides is 1. The Morgan fingerprint density at radius 1 is 0.925 bits per heavy atom. The monoisotopic (exact) mass is 540 g/mol. The molecular weight excluding hydrogens is 500 g/mol. The summed E-state index contributed by atoms with van der Waals surface area (Å²) in [6, 6.07) is 17.0. The van der Waals surface area contributed by atoms with Crippen molar-refractivity contribution in [2.24, 2.45) is 0 Å². The number of aromatic amines is 1. The molecule has 0 unspecified atom stereocenters. The third kappa shape index (κ3) is 5.56. The number of methoxy groups -OCH3 is 2. The number of nitrogens with zero attached hydrogens (tertiary/aromatic N) is 2. The van der Waals surface area contributed by atoms with E-state index in [2.05, 4.69) is 72.1 Å². The number of fused-ring (bicyclic) bond motifs is 1. The molecule has 1 aliphatic rings. The minimum atomic E-state index is -0.105. The fourth-order valence-corrected chi connectivity index (χ4v) is 5.77. The van der Waals surface area contributed by atoms with Crippen molar-refractivity contribution < 1.29 is 14.3 Å². The zero-order chi connectivity index (χ0) is 28.4. The van der Waals surface area contributed by atoms with Crippen molar-refractivity contribution in [1.82, 2.24) is 20.2 Å². The van der Waals surface area contributed by atoms with Crippen molar-refractivity contribution >= 4 is 16.8 Å². The van der Waals surface area contributed by atoms with E-state index in [1.807, 2.05) is 24.3 Å². The molecule has 0 atom stereocenters. The SMILES string of the molecule is COc1ccc(-c2[nH]c3ccc(-c4ccnc(C(=O)NC5CCN(C(C)C)CC5)c4)cc3c2C(C)C)cc1OC. The molecule has 0 spiro atoms. The number of hydrogen-bond acceptors (Lipinski definition) is 5. The molecule has 210 valence electrons. The van der Waals surface area contributed by atoms with Gasteiger partial charge in [-0.1, -0.05) is 19.9 Å². The van der Waals surface area contributed by atoms with Crippen molar-refractivity contribution in [3.8, 4) is 33.9 Å². The van der Waals surface area contributed by atoms with Crippen LogP contribution in [-0.2, 0) is 0 Å². The minimum Gasteiger partial charge on any atom is -0.493 e. The molecule has 2 N–H and O–H groups in total. The fraction of sp³-hybridized carbons (Fsp3) is 0.394. The summed E-state index contributed by atoms with van der Waals surface area (Å²) < 4.78 is 11.0. The van der Waals surface area contributed by atoms with Gasteiger partial charge in [-0.3, -0.25) is 9.78 Å². The Hall–Kier alpha value is -3.84. The van der Waals surface area contributed by atoms with Gasteiger partial charge in [0, 0.05) is 47.8 Å². The summed E-state index contributed by atoms with van der Waals surface area (Å²) in [5.74, 6) is 1.58. The number of rotatable bonds is 8. The van der Waals surface area contributed by atoms with Crippen LogP contribution in [0.3, 0.4) is 0 Å². The molecular formula is C33H40N4O3. The summed E-state index contributed by atoms with van der Waals surface area (Å²) in [4.78, 5) is 23.6. The van der Waals surface area contributed by atoms with Gasteiger partial charge < -0.3 is 24.7 Å². The van der Waals surface area contributed by atoms with Crippen LogP contribution in [0.4, 0.5) is 0 Å². The molecule has 1 amide bonds. The second-order valence-corrected chi connectivity index (χ2v) is 11.2. The van der Waals surface area contributed by atoms with Gasteiger partial charge in [-0.2, -0.15) is 0 Å². The van der Waals surface area contributed by atoms with Gasteiger partial charge in [-0.05, 0) is 91.8 Å². The van der Waals surface area contributed by atoms with E-state index in [1.54, 1.807) is 20.4 Å². The number of hydrogen-bond donors (Lipinski definition) is 2. The van der Waals surface area contributed by atoms with E-state index >= 15 is 0 Å². The third-order valence-electron chi connectivity index (χ3n) is 8.01. The first kappa shape index (κ1) is 27.7. The van der Waals surface area contributed by atoms with Crippen molar-refractivity contribution in [3.05, 3.63) is 66.0 Å². The number of benzene rings is 2. The largest absolute Gasteiger partial charge is 0.493 e. The Kier molecular flexibility index (Phi) is 8.12. The minimum absolute atomic E-state index is 0.105. The van der Waals surface area contributed by atoms with Crippen LogP contribution in [0.15, 0.2) is 54.7 Å². The van der Waals surface area contributed by atoms with Crippen LogP contribution in [0, 0.1) is 0 Å². The molecule has 0 radical (unpaired) electrons. The first-order valence-corrected chi connectivity index (χ1v) is 14.2.